The van der Waals surface area contributed by atoms with Gasteiger partial charge in [0.2, 0.25) is 0 Å². The molecule has 1 saturated carbocycles. The van der Waals surface area contributed by atoms with Gasteiger partial charge in [-0.3, -0.25) is 4.79 Å². The molecule has 0 bridgehead atoms. The van der Waals surface area contributed by atoms with Gasteiger partial charge in [-0.25, -0.2) is 0 Å². The second kappa shape index (κ2) is 7.46. The van der Waals surface area contributed by atoms with Crippen LogP contribution in [0.3, 0.4) is 0 Å². The molecule has 116 valence electrons. The summed E-state index contributed by atoms with van der Waals surface area (Å²) in [5.41, 5.74) is 1.81. The fraction of sp³-hybridized carbons (Fsp3) is 0.588. The van der Waals surface area contributed by atoms with Gasteiger partial charge in [0.15, 0.2) is 0 Å². The molecule has 1 aliphatic rings. The summed E-state index contributed by atoms with van der Waals surface area (Å²) in [6, 6.07) is 6.18. The minimum atomic E-state index is 0.00161. The fourth-order valence-corrected chi connectivity index (χ4v) is 2.06. The Morgan fingerprint density at radius 2 is 2.05 bits per heavy atom. The van der Waals surface area contributed by atoms with Gasteiger partial charge < -0.3 is 14.8 Å². The van der Waals surface area contributed by atoms with Crippen LogP contribution in [0.1, 0.15) is 54.9 Å². The molecule has 21 heavy (non-hydrogen) atoms. The van der Waals surface area contributed by atoms with E-state index in [1.165, 1.54) is 0 Å². The van der Waals surface area contributed by atoms with Gasteiger partial charge in [-0.05, 0) is 42.5 Å². The van der Waals surface area contributed by atoms with Crippen LogP contribution in [0.5, 0.6) is 5.75 Å². The van der Waals surface area contributed by atoms with Gasteiger partial charge >= 0.3 is 0 Å². The summed E-state index contributed by atoms with van der Waals surface area (Å²) < 4.78 is 10.8. The van der Waals surface area contributed by atoms with E-state index >= 15 is 0 Å². The molecule has 0 atom stereocenters. The molecule has 1 N–H and O–H groups in total. The van der Waals surface area contributed by atoms with Crippen LogP contribution in [0.4, 0.5) is 0 Å². The first-order valence-corrected chi connectivity index (χ1v) is 7.67. The maximum Gasteiger partial charge on any atom is 0.251 e. The number of carbonyl (C=O) groups is 1. The van der Waals surface area contributed by atoms with Gasteiger partial charge in [0, 0.05) is 31.7 Å². The highest BCUT2D eigenvalue weighted by molar-refractivity contribution is 5.95. The number of ether oxygens (including phenoxy) is 2. The van der Waals surface area contributed by atoms with Gasteiger partial charge in [-0.1, -0.05) is 13.8 Å². The predicted molar refractivity (Wildman–Crippen MR) is 83.0 cm³/mol. The number of nitrogens with one attached hydrogen (secondary N) is 1. The molecule has 1 aromatic rings. The predicted octanol–water partition coefficient (Wildman–Crippen LogP) is 3.12. The molecule has 0 aliphatic heterocycles. The summed E-state index contributed by atoms with van der Waals surface area (Å²) >= 11 is 0. The van der Waals surface area contributed by atoms with Crippen molar-refractivity contribution in [2.24, 2.45) is 0 Å². The van der Waals surface area contributed by atoms with Crippen LogP contribution in [0.2, 0.25) is 0 Å². The number of carbonyl (C=O) groups excluding carboxylic acids is 1. The van der Waals surface area contributed by atoms with Gasteiger partial charge in [0.1, 0.15) is 5.75 Å². The van der Waals surface area contributed by atoms with Gasteiger partial charge in [0.05, 0.1) is 6.61 Å². The number of hydrogen-bond donors (Lipinski definition) is 1. The van der Waals surface area contributed by atoms with E-state index in [1.807, 2.05) is 18.2 Å². The molecule has 4 heteroatoms. The zero-order valence-corrected chi connectivity index (χ0v) is 13.1. The molecule has 2 rings (SSSR count). The van der Waals surface area contributed by atoms with Crippen LogP contribution in [0.25, 0.3) is 0 Å². The summed E-state index contributed by atoms with van der Waals surface area (Å²) in [4.78, 5) is 12.2. The largest absolute Gasteiger partial charge is 0.493 e. The van der Waals surface area contributed by atoms with Gasteiger partial charge in [-0.15, -0.1) is 0 Å². The highest BCUT2D eigenvalue weighted by Gasteiger charge is 2.24. The lowest BCUT2D eigenvalue weighted by atomic mass is 10.00. The Bertz CT molecular complexity index is 481. The number of methoxy groups -OCH3 is 1. The Hall–Kier alpha value is -1.55. The van der Waals surface area contributed by atoms with Crippen LogP contribution in [-0.4, -0.2) is 32.3 Å². The quantitative estimate of drug-likeness (QED) is 0.749. The van der Waals surface area contributed by atoms with Crippen LogP contribution < -0.4 is 10.1 Å². The zero-order valence-electron chi connectivity index (χ0n) is 13.1. The van der Waals surface area contributed by atoms with Crippen molar-refractivity contribution in [2.75, 3.05) is 20.3 Å². The maximum atomic E-state index is 12.2. The van der Waals surface area contributed by atoms with Crippen LogP contribution >= 0.6 is 0 Å². The SMILES string of the molecule is COCCCOc1cc(C(=O)NC2CC2)cc(C(C)C)c1. The van der Waals surface area contributed by atoms with Crippen molar-refractivity contribution in [1.82, 2.24) is 5.32 Å². The average Bonchev–Trinajstić information content (AvgIpc) is 3.27. The van der Waals surface area contributed by atoms with E-state index in [2.05, 4.69) is 19.2 Å². The van der Waals surface area contributed by atoms with Crippen LogP contribution in [0, 0.1) is 0 Å². The van der Waals surface area contributed by atoms with Crippen molar-refractivity contribution in [3.8, 4) is 5.75 Å². The van der Waals surface area contributed by atoms with E-state index < -0.39 is 0 Å². The number of rotatable bonds is 8. The molecule has 4 nitrogen and oxygen atoms in total. The Labute approximate surface area is 126 Å². The molecule has 0 saturated heterocycles. The first-order chi connectivity index (χ1) is 10.1. The third-order valence-electron chi connectivity index (χ3n) is 3.53. The number of hydrogen-bond acceptors (Lipinski definition) is 3. The van der Waals surface area contributed by atoms with E-state index in [0.29, 0.717) is 30.7 Å². The van der Waals surface area contributed by atoms with Crippen molar-refractivity contribution in [3.05, 3.63) is 29.3 Å². The highest BCUT2D eigenvalue weighted by Crippen LogP contribution is 2.25. The standard InChI is InChI=1S/C17H25NO3/c1-12(2)13-9-14(17(19)18-15-5-6-15)11-16(10-13)21-8-4-7-20-3/h9-12,15H,4-8H2,1-3H3,(H,18,19). The van der Waals surface area contributed by atoms with E-state index in [-0.39, 0.29) is 5.91 Å². The average molecular weight is 291 g/mol. The van der Waals surface area contributed by atoms with Crippen LogP contribution in [0.15, 0.2) is 18.2 Å². The Morgan fingerprint density at radius 3 is 2.67 bits per heavy atom. The molecule has 0 aromatic heterocycles. The second-order valence-corrected chi connectivity index (χ2v) is 5.89. The monoisotopic (exact) mass is 291 g/mol. The molecule has 0 unspecified atom stereocenters. The number of benzene rings is 1. The molecule has 1 aliphatic carbocycles. The third kappa shape index (κ3) is 5.05. The summed E-state index contributed by atoms with van der Waals surface area (Å²) in [5.74, 6) is 1.12. The highest BCUT2D eigenvalue weighted by atomic mass is 16.5. The molecule has 0 spiro atoms. The molecule has 1 fully saturated rings. The molecule has 0 heterocycles. The lowest BCUT2D eigenvalue weighted by Crippen LogP contribution is -2.25. The van der Waals surface area contributed by atoms with E-state index in [9.17, 15) is 4.79 Å². The minimum Gasteiger partial charge on any atom is -0.493 e. The summed E-state index contributed by atoms with van der Waals surface area (Å²) in [6.45, 7) is 5.51. The normalized spacial score (nSPS) is 14.3. The molecule has 0 radical (unpaired) electrons. The lowest BCUT2D eigenvalue weighted by molar-refractivity contribution is 0.0950. The topological polar surface area (TPSA) is 47.6 Å². The van der Waals surface area contributed by atoms with E-state index in [4.69, 9.17) is 9.47 Å². The summed E-state index contributed by atoms with van der Waals surface area (Å²) in [6.07, 6.45) is 3.03. The number of amides is 1. The molecular weight excluding hydrogens is 266 g/mol. The van der Waals surface area contributed by atoms with Crippen molar-refractivity contribution >= 4 is 5.91 Å². The Balaban J connectivity index is 2.07. The zero-order chi connectivity index (χ0) is 15.2. The third-order valence-corrected chi connectivity index (χ3v) is 3.53. The first-order valence-electron chi connectivity index (χ1n) is 7.67. The van der Waals surface area contributed by atoms with Crippen LogP contribution in [-0.2, 0) is 4.74 Å². The Morgan fingerprint density at radius 1 is 1.29 bits per heavy atom. The van der Waals surface area contributed by atoms with E-state index in [1.54, 1.807) is 7.11 Å². The molecule has 1 aromatic carbocycles. The maximum absolute atomic E-state index is 12.2. The van der Waals surface area contributed by atoms with Crippen molar-refractivity contribution in [2.45, 2.75) is 45.1 Å². The van der Waals surface area contributed by atoms with Crippen molar-refractivity contribution < 1.29 is 14.3 Å². The summed E-state index contributed by atoms with van der Waals surface area (Å²) in [5, 5.41) is 3.03. The lowest BCUT2D eigenvalue weighted by Gasteiger charge is -2.13. The first kappa shape index (κ1) is 15.8. The van der Waals surface area contributed by atoms with Gasteiger partial charge in [0.25, 0.3) is 5.91 Å². The molecule has 1 amide bonds. The van der Waals surface area contributed by atoms with E-state index in [0.717, 1.165) is 30.6 Å². The van der Waals surface area contributed by atoms with Gasteiger partial charge in [-0.2, -0.15) is 0 Å². The minimum absolute atomic E-state index is 0.00161. The Kier molecular flexibility index (Phi) is 5.62. The smallest absolute Gasteiger partial charge is 0.251 e. The molecular formula is C17H25NO3. The van der Waals surface area contributed by atoms with Crippen molar-refractivity contribution in [3.63, 3.8) is 0 Å². The fourth-order valence-electron chi connectivity index (χ4n) is 2.06. The second-order valence-electron chi connectivity index (χ2n) is 5.89. The summed E-state index contributed by atoms with van der Waals surface area (Å²) in [7, 11) is 1.68. The van der Waals surface area contributed by atoms with Crippen molar-refractivity contribution in [1.29, 1.82) is 0 Å².